The van der Waals surface area contributed by atoms with E-state index in [0.29, 0.717) is 17.4 Å². The van der Waals surface area contributed by atoms with E-state index in [1.54, 1.807) is 24.1 Å². The standard InChI is InChI=1S/C22H21FN4O2S/c1-2-29-19(28)14-27-21(20(25-22(27)30)17-9-3-4-11-24-17)18-10-6-12-26(18)16-8-5-7-15(23)13-16/h3-13,20-21H,2,14H2,1H3,(H,25,30). The van der Waals surface area contributed by atoms with Crippen molar-refractivity contribution in [2.75, 3.05) is 13.2 Å². The van der Waals surface area contributed by atoms with Crippen molar-refractivity contribution in [3.05, 3.63) is 84.2 Å². The van der Waals surface area contributed by atoms with Crippen molar-refractivity contribution < 1.29 is 13.9 Å². The first-order chi connectivity index (χ1) is 14.6. The number of pyridine rings is 1. The van der Waals surface area contributed by atoms with Crippen molar-refractivity contribution in [3.63, 3.8) is 0 Å². The zero-order chi connectivity index (χ0) is 21.1. The summed E-state index contributed by atoms with van der Waals surface area (Å²) in [5.41, 5.74) is 2.33. The van der Waals surface area contributed by atoms with Gasteiger partial charge >= 0.3 is 5.97 Å². The van der Waals surface area contributed by atoms with Gasteiger partial charge in [-0.2, -0.15) is 0 Å². The molecule has 0 spiro atoms. The summed E-state index contributed by atoms with van der Waals surface area (Å²) in [6.07, 6.45) is 3.58. The molecule has 1 N–H and O–H groups in total. The molecule has 3 heterocycles. The third-order valence-electron chi connectivity index (χ3n) is 4.97. The first-order valence-corrected chi connectivity index (χ1v) is 10.1. The molecule has 4 rings (SSSR count). The van der Waals surface area contributed by atoms with Gasteiger partial charge in [-0.15, -0.1) is 0 Å². The molecule has 3 aromatic rings. The van der Waals surface area contributed by atoms with Gasteiger partial charge < -0.3 is 19.5 Å². The minimum absolute atomic E-state index is 0.00199. The number of nitrogens with zero attached hydrogens (tertiary/aromatic N) is 3. The Labute approximate surface area is 179 Å². The first kappa shape index (κ1) is 20.0. The number of aromatic nitrogens is 2. The summed E-state index contributed by atoms with van der Waals surface area (Å²) in [5.74, 6) is -0.686. The van der Waals surface area contributed by atoms with Crippen LogP contribution in [-0.2, 0) is 9.53 Å². The number of ether oxygens (including phenoxy) is 1. The third-order valence-corrected chi connectivity index (χ3v) is 5.32. The van der Waals surface area contributed by atoms with E-state index in [0.717, 1.165) is 11.4 Å². The molecule has 0 radical (unpaired) electrons. The van der Waals surface area contributed by atoms with Crippen molar-refractivity contribution in [1.82, 2.24) is 19.8 Å². The van der Waals surface area contributed by atoms with Gasteiger partial charge in [0.1, 0.15) is 12.4 Å². The largest absolute Gasteiger partial charge is 0.465 e. The molecule has 1 saturated heterocycles. The second-order valence-corrected chi connectivity index (χ2v) is 7.23. The molecule has 0 aliphatic carbocycles. The summed E-state index contributed by atoms with van der Waals surface area (Å²) >= 11 is 5.56. The molecule has 2 atom stereocenters. The van der Waals surface area contributed by atoms with E-state index in [-0.39, 0.29) is 30.4 Å². The van der Waals surface area contributed by atoms with E-state index in [1.165, 1.54) is 12.1 Å². The van der Waals surface area contributed by atoms with Crippen LogP contribution in [0.25, 0.3) is 5.69 Å². The number of hydrogen-bond donors (Lipinski definition) is 1. The van der Waals surface area contributed by atoms with Crippen LogP contribution in [0.5, 0.6) is 0 Å². The summed E-state index contributed by atoms with van der Waals surface area (Å²) < 4.78 is 20.9. The monoisotopic (exact) mass is 424 g/mol. The molecule has 0 amide bonds. The highest BCUT2D eigenvalue weighted by atomic mass is 32.1. The molecule has 154 valence electrons. The van der Waals surface area contributed by atoms with E-state index >= 15 is 0 Å². The first-order valence-electron chi connectivity index (χ1n) is 9.65. The Morgan fingerprint density at radius 1 is 1.23 bits per heavy atom. The second kappa shape index (κ2) is 8.62. The maximum atomic E-state index is 13.9. The molecule has 2 unspecified atom stereocenters. The molecular formula is C22H21FN4O2S. The Bertz CT molecular complexity index is 1060. The predicted molar refractivity (Wildman–Crippen MR) is 115 cm³/mol. The quantitative estimate of drug-likeness (QED) is 0.483. The van der Waals surface area contributed by atoms with Crippen LogP contribution in [-0.4, -0.2) is 38.7 Å². The molecule has 1 fully saturated rings. The van der Waals surface area contributed by atoms with Crippen LogP contribution in [0.1, 0.15) is 30.4 Å². The smallest absolute Gasteiger partial charge is 0.325 e. The second-order valence-electron chi connectivity index (χ2n) is 6.84. The Hall–Kier alpha value is -3.26. The lowest BCUT2D eigenvalue weighted by Gasteiger charge is -2.28. The van der Waals surface area contributed by atoms with Gasteiger partial charge in [-0.1, -0.05) is 12.1 Å². The van der Waals surface area contributed by atoms with Crippen molar-refractivity contribution in [3.8, 4) is 5.69 Å². The van der Waals surface area contributed by atoms with Gasteiger partial charge in [0.25, 0.3) is 0 Å². The highest BCUT2D eigenvalue weighted by Crippen LogP contribution is 2.39. The zero-order valence-corrected chi connectivity index (χ0v) is 17.2. The third kappa shape index (κ3) is 3.91. The normalized spacial score (nSPS) is 18.3. The Kier molecular flexibility index (Phi) is 5.76. The number of benzene rings is 1. The average Bonchev–Trinajstić information content (AvgIpc) is 3.34. The Balaban J connectivity index is 1.79. The summed E-state index contributed by atoms with van der Waals surface area (Å²) in [4.78, 5) is 18.6. The molecule has 6 nitrogen and oxygen atoms in total. The van der Waals surface area contributed by atoms with Crippen molar-refractivity contribution in [1.29, 1.82) is 0 Å². The molecule has 1 aromatic carbocycles. The minimum atomic E-state index is -0.364. The Morgan fingerprint density at radius 3 is 2.83 bits per heavy atom. The van der Waals surface area contributed by atoms with Gasteiger partial charge in [-0.25, -0.2) is 4.39 Å². The van der Waals surface area contributed by atoms with Gasteiger partial charge in [0.2, 0.25) is 0 Å². The van der Waals surface area contributed by atoms with Crippen molar-refractivity contribution >= 4 is 23.3 Å². The van der Waals surface area contributed by atoms with Crippen LogP contribution >= 0.6 is 12.2 Å². The van der Waals surface area contributed by atoms with Crippen LogP contribution in [0, 0.1) is 5.82 Å². The maximum absolute atomic E-state index is 13.9. The summed E-state index contributed by atoms with van der Waals surface area (Å²) in [7, 11) is 0. The average molecular weight is 425 g/mol. The van der Waals surface area contributed by atoms with E-state index in [2.05, 4.69) is 10.3 Å². The van der Waals surface area contributed by atoms with Gasteiger partial charge in [-0.3, -0.25) is 9.78 Å². The van der Waals surface area contributed by atoms with Crippen LogP contribution in [0.15, 0.2) is 67.0 Å². The molecule has 8 heteroatoms. The number of esters is 1. The maximum Gasteiger partial charge on any atom is 0.325 e. The van der Waals surface area contributed by atoms with Gasteiger partial charge in [-0.05, 0) is 61.6 Å². The van der Waals surface area contributed by atoms with Gasteiger partial charge in [0, 0.05) is 23.8 Å². The Morgan fingerprint density at radius 2 is 2.10 bits per heavy atom. The fourth-order valence-corrected chi connectivity index (χ4v) is 4.04. The number of nitrogens with one attached hydrogen (secondary N) is 1. The van der Waals surface area contributed by atoms with Crippen molar-refractivity contribution in [2.45, 2.75) is 19.0 Å². The zero-order valence-electron chi connectivity index (χ0n) is 16.4. The fourth-order valence-electron chi connectivity index (χ4n) is 3.74. The molecule has 1 aliphatic rings. The summed E-state index contributed by atoms with van der Waals surface area (Å²) in [5, 5.41) is 3.74. The van der Waals surface area contributed by atoms with E-state index in [1.807, 2.05) is 47.2 Å². The van der Waals surface area contributed by atoms with Gasteiger partial charge in [0.15, 0.2) is 5.11 Å². The number of carbonyl (C=O) groups excluding carboxylic acids is 1. The highest BCUT2D eigenvalue weighted by Gasteiger charge is 2.42. The number of halogens is 1. The summed E-state index contributed by atoms with van der Waals surface area (Å²) in [6, 6.07) is 15.2. The fraction of sp³-hybridized carbons (Fsp3) is 0.227. The van der Waals surface area contributed by atoms with Crippen molar-refractivity contribution in [2.24, 2.45) is 0 Å². The van der Waals surface area contributed by atoms with E-state index in [4.69, 9.17) is 17.0 Å². The molecule has 1 aliphatic heterocycles. The molecule has 30 heavy (non-hydrogen) atoms. The number of hydrogen-bond acceptors (Lipinski definition) is 4. The molecule has 0 saturated carbocycles. The number of thiocarbonyl (C=S) groups is 1. The van der Waals surface area contributed by atoms with Gasteiger partial charge in [0.05, 0.1) is 24.4 Å². The number of rotatable bonds is 6. The van der Waals surface area contributed by atoms with Crippen LogP contribution in [0.3, 0.4) is 0 Å². The number of carbonyl (C=O) groups is 1. The van der Waals surface area contributed by atoms with Crippen LogP contribution < -0.4 is 5.32 Å². The lowest BCUT2D eigenvalue weighted by Crippen LogP contribution is -2.36. The molecule has 0 bridgehead atoms. The van der Waals surface area contributed by atoms with Crippen LogP contribution in [0.2, 0.25) is 0 Å². The lowest BCUT2D eigenvalue weighted by atomic mass is 10.0. The molecular weight excluding hydrogens is 403 g/mol. The van der Waals surface area contributed by atoms with E-state index < -0.39 is 0 Å². The molecule has 2 aromatic heterocycles. The van der Waals surface area contributed by atoms with E-state index in [9.17, 15) is 9.18 Å². The topological polar surface area (TPSA) is 59.4 Å². The summed E-state index contributed by atoms with van der Waals surface area (Å²) in [6.45, 7) is 2.06. The minimum Gasteiger partial charge on any atom is -0.465 e. The van der Waals surface area contributed by atoms with Crippen LogP contribution in [0.4, 0.5) is 4.39 Å². The lowest BCUT2D eigenvalue weighted by molar-refractivity contribution is -0.143. The SMILES string of the molecule is CCOC(=O)CN1C(=S)NC(c2ccccn2)C1c1cccn1-c1cccc(F)c1. The predicted octanol–water partition coefficient (Wildman–Crippen LogP) is 3.55. The highest BCUT2D eigenvalue weighted by molar-refractivity contribution is 7.80.